The molecule has 0 bridgehead atoms. The molecule has 0 saturated heterocycles. The summed E-state index contributed by atoms with van der Waals surface area (Å²) in [5.74, 6) is -0.216. The summed E-state index contributed by atoms with van der Waals surface area (Å²) in [5, 5.41) is 0. The maximum absolute atomic E-state index is 14.0. The largest absolute Gasteiger partial charge is 0.326 e. The van der Waals surface area contributed by atoms with E-state index in [-0.39, 0.29) is 11.2 Å². The average molecular weight is 257 g/mol. The third kappa shape index (κ3) is 3.02. The zero-order valence-corrected chi connectivity index (χ0v) is 11.7. The van der Waals surface area contributed by atoms with Crippen LogP contribution >= 0.6 is 0 Å². The van der Waals surface area contributed by atoms with E-state index >= 15 is 0 Å². The van der Waals surface area contributed by atoms with E-state index in [4.69, 9.17) is 5.73 Å². The van der Waals surface area contributed by atoms with Gasteiger partial charge in [0.2, 0.25) is 0 Å². The molecule has 0 aromatic heterocycles. The summed E-state index contributed by atoms with van der Waals surface area (Å²) < 4.78 is 14.0. The summed E-state index contributed by atoms with van der Waals surface area (Å²) in [6.07, 6.45) is 0. The molecular formula is C17H20FN. The highest BCUT2D eigenvalue weighted by atomic mass is 19.1. The Balaban J connectivity index is 2.37. The topological polar surface area (TPSA) is 26.0 Å². The molecule has 0 atom stereocenters. The van der Waals surface area contributed by atoms with E-state index in [0.717, 1.165) is 11.1 Å². The van der Waals surface area contributed by atoms with Crippen molar-refractivity contribution in [3.8, 4) is 11.1 Å². The Hall–Kier alpha value is -1.67. The third-order valence-electron chi connectivity index (χ3n) is 3.33. The maximum atomic E-state index is 14.0. The Morgan fingerprint density at radius 2 is 1.63 bits per heavy atom. The van der Waals surface area contributed by atoms with E-state index in [1.807, 2.05) is 18.2 Å². The monoisotopic (exact) mass is 257 g/mol. The summed E-state index contributed by atoms with van der Waals surface area (Å²) >= 11 is 0. The van der Waals surface area contributed by atoms with Gasteiger partial charge in [0.1, 0.15) is 5.82 Å². The highest BCUT2D eigenvalue weighted by Crippen LogP contribution is 2.27. The van der Waals surface area contributed by atoms with Gasteiger partial charge >= 0.3 is 0 Å². The predicted octanol–water partition coefficient (Wildman–Crippen LogP) is 4.25. The van der Waals surface area contributed by atoms with Gasteiger partial charge in [0.25, 0.3) is 0 Å². The Kier molecular flexibility index (Phi) is 3.72. The van der Waals surface area contributed by atoms with Gasteiger partial charge < -0.3 is 5.73 Å². The van der Waals surface area contributed by atoms with Crippen molar-refractivity contribution in [3.63, 3.8) is 0 Å². The first-order valence-corrected chi connectivity index (χ1v) is 6.51. The zero-order chi connectivity index (χ0) is 14.0. The van der Waals surface area contributed by atoms with Gasteiger partial charge in [-0.05, 0) is 28.2 Å². The van der Waals surface area contributed by atoms with E-state index in [2.05, 4.69) is 32.9 Å². The minimum Gasteiger partial charge on any atom is -0.326 e. The summed E-state index contributed by atoms with van der Waals surface area (Å²) in [5.41, 5.74) is 9.20. The third-order valence-corrected chi connectivity index (χ3v) is 3.33. The molecule has 2 aromatic carbocycles. The molecule has 1 nitrogen and oxygen atoms in total. The second kappa shape index (κ2) is 5.14. The lowest BCUT2D eigenvalue weighted by molar-refractivity contribution is 0.590. The number of hydrogen-bond acceptors (Lipinski definition) is 1. The van der Waals surface area contributed by atoms with E-state index in [9.17, 15) is 4.39 Å². The van der Waals surface area contributed by atoms with E-state index in [0.29, 0.717) is 12.1 Å². The quantitative estimate of drug-likeness (QED) is 0.855. The molecule has 100 valence electrons. The molecule has 0 unspecified atom stereocenters. The molecule has 0 heterocycles. The molecule has 0 aliphatic rings. The Labute approximate surface area is 114 Å². The van der Waals surface area contributed by atoms with Gasteiger partial charge in [-0.15, -0.1) is 0 Å². The maximum Gasteiger partial charge on any atom is 0.131 e. The van der Waals surface area contributed by atoms with Crippen LogP contribution in [0, 0.1) is 5.82 Å². The van der Waals surface area contributed by atoms with Gasteiger partial charge in [-0.3, -0.25) is 0 Å². The molecule has 0 spiro atoms. The lowest BCUT2D eigenvalue weighted by Gasteiger charge is -2.19. The Morgan fingerprint density at radius 1 is 1.00 bits per heavy atom. The van der Waals surface area contributed by atoms with Crippen LogP contribution in [0.4, 0.5) is 4.39 Å². The highest BCUT2D eigenvalue weighted by molar-refractivity contribution is 5.65. The first kappa shape index (κ1) is 13.8. The standard InChI is InChI=1S/C17H20FN/c1-17(2,3)14-7-5-13(6-8-14)15-9-4-12(11-19)10-16(15)18/h4-10H,11,19H2,1-3H3. The van der Waals surface area contributed by atoms with Crippen molar-refractivity contribution in [1.82, 2.24) is 0 Å². The van der Waals surface area contributed by atoms with E-state index < -0.39 is 0 Å². The molecule has 2 N–H and O–H groups in total. The molecule has 2 aromatic rings. The number of rotatable bonds is 2. The molecule has 0 radical (unpaired) electrons. The van der Waals surface area contributed by atoms with Gasteiger partial charge in [-0.1, -0.05) is 57.2 Å². The fourth-order valence-corrected chi connectivity index (χ4v) is 2.07. The van der Waals surface area contributed by atoms with Crippen LogP contribution in [0.15, 0.2) is 42.5 Å². The fraction of sp³-hybridized carbons (Fsp3) is 0.294. The van der Waals surface area contributed by atoms with Crippen molar-refractivity contribution in [1.29, 1.82) is 0 Å². The van der Waals surface area contributed by atoms with E-state index in [1.54, 1.807) is 6.07 Å². The van der Waals surface area contributed by atoms with Crippen LogP contribution in [0.5, 0.6) is 0 Å². The lowest BCUT2D eigenvalue weighted by atomic mass is 9.86. The van der Waals surface area contributed by atoms with Crippen LogP contribution in [0.3, 0.4) is 0 Å². The molecule has 0 aliphatic carbocycles. The van der Waals surface area contributed by atoms with Crippen LogP contribution in [0.2, 0.25) is 0 Å². The molecule has 0 fully saturated rings. The van der Waals surface area contributed by atoms with Crippen molar-refractivity contribution in [2.75, 3.05) is 0 Å². The van der Waals surface area contributed by atoms with Gasteiger partial charge in [-0.25, -0.2) is 4.39 Å². The van der Waals surface area contributed by atoms with Gasteiger partial charge in [-0.2, -0.15) is 0 Å². The second-order valence-corrected chi connectivity index (χ2v) is 5.85. The van der Waals surface area contributed by atoms with Crippen LogP contribution in [-0.4, -0.2) is 0 Å². The molecular weight excluding hydrogens is 237 g/mol. The Bertz CT molecular complexity index is 565. The van der Waals surface area contributed by atoms with Crippen LogP contribution < -0.4 is 5.73 Å². The van der Waals surface area contributed by atoms with E-state index in [1.165, 1.54) is 11.6 Å². The number of nitrogens with two attached hydrogens (primary N) is 1. The zero-order valence-electron chi connectivity index (χ0n) is 11.7. The predicted molar refractivity (Wildman–Crippen MR) is 78.4 cm³/mol. The fourth-order valence-electron chi connectivity index (χ4n) is 2.07. The summed E-state index contributed by atoms with van der Waals surface area (Å²) in [7, 11) is 0. The summed E-state index contributed by atoms with van der Waals surface area (Å²) in [4.78, 5) is 0. The van der Waals surface area contributed by atoms with Crippen molar-refractivity contribution in [3.05, 3.63) is 59.4 Å². The molecule has 0 aliphatic heterocycles. The first-order chi connectivity index (χ1) is 8.91. The lowest BCUT2D eigenvalue weighted by Crippen LogP contribution is -2.10. The van der Waals surface area contributed by atoms with Crippen LogP contribution in [0.25, 0.3) is 11.1 Å². The smallest absolute Gasteiger partial charge is 0.131 e. The molecule has 0 saturated carbocycles. The van der Waals surface area contributed by atoms with Crippen molar-refractivity contribution in [2.24, 2.45) is 5.73 Å². The molecule has 2 rings (SSSR count). The van der Waals surface area contributed by atoms with Crippen molar-refractivity contribution >= 4 is 0 Å². The molecule has 2 heteroatoms. The summed E-state index contributed by atoms with van der Waals surface area (Å²) in [6, 6.07) is 13.2. The second-order valence-electron chi connectivity index (χ2n) is 5.85. The van der Waals surface area contributed by atoms with Crippen LogP contribution in [0.1, 0.15) is 31.9 Å². The SMILES string of the molecule is CC(C)(C)c1ccc(-c2ccc(CN)cc2F)cc1. The van der Waals surface area contributed by atoms with Crippen LogP contribution in [-0.2, 0) is 12.0 Å². The number of halogens is 1. The normalized spacial score (nSPS) is 11.6. The minimum atomic E-state index is -0.216. The van der Waals surface area contributed by atoms with Crippen molar-refractivity contribution < 1.29 is 4.39 Å². The van der Waals surface area contributed by atoms with Crippen molar-refractivity contribution in [2.45, 2.75) is 32.7 Å². The molecule has 19 heavy (non-hydrogen) atoms. The first-order valence-electron chi connectivity index (χ1n) is 6.51. The highest BCUT2D eigenvalue weighted by Gasteiger charge is 2.13. The minimum absolute atomic E-state index is 0.112. The van der Waals surface area contributed by atoms with Gasteiger partial charge in [0.05, 0.1) is 0 Å². The summed E-state index contributed by atoms with van der Waals surface area (Å²) in [6.45, 7) is 6.86. The van der Waals surface area contributed by atoms with Gasteiger partial charge in [0, 0.05) is 12.1 Å². The number of hydrogen-bond donors (Lipinski definition) is 1. The Morgan fingerprint density at radius 3 is 2.11 bits per heavy atom. The van der Waals surface area contributed by atoms with Gasteiger partial charge in [0.15, 0.2) is 0 Å². The average Bonchev–Trinajstić information content (AvgIpc) is 2.37. The molecule has 0 amide bonds. The number of benzene rings is 2.